The molecule has 1 unspecified atom stereocenters. The Morgan fingerprint density at radius 2 is 1.74 bits per heavy atom. The van der Waals surface area contributed by atoms with Gasteiger partial charge in [-0.3, -0.25) is 9.69 Å². The molecular formula is C30H40N6O3. The Balaban J connectivity index is 1.74. The molecule has 9 heteroatoms. The van der Waals surface area contributed by atoms with Crippen LogP contribution in [0.1, 0.15) is 68.2 Å². The van der Waals surface area contributed by atoms with Gasteiger partial charge in [-0.25, -0.2) is 4.68 Å². The molecule has 2 heterocycles. The molecule has 1 N–H and O–H groups in total. The van der Waals surface area contributed by atoms with Crippen LogP contribution in [0.25, 0.3) is 10.9 Å². The Kier molecular flexibility index (Phi) is 8.39. The van der Waals surface area contributed by atoms with Crippen LogP contribution in [0.4, 0.5) is 0 Å². The molecule has 2 aromatic carbocycles. The second-order valence-electron chi connectivity index (χ2n) is 11.1. The van der Waals surface area contributed by atoms with Crippen LogP contribution in [0.2, 0.25) is 0 Å². The summed E-state index contributed by atoms with van der Waals surface area (Å²) in [5, 5.41) is 13.9. The maximum Gasteiger partial charge on any atom is 0.252 e. The quantitative estimate of drug-likeness (QED) is 0.303. The highest BCUT2D eigenvalue weighted by molar-refractivity contribution is 5.85. The molecule has 0 spiro atoms. The first-order chi connectivity index (χ1) is 18.6. The maximum atomic E-state index is 13.3. The van der Waals surface area contributed by atoms with Crippen LogP contribution in [0.5, 0.6) is 11.5 Å². The number of tetrazole rings is 1. The topological polar surface area (TPSA) is 98.2 Å². The average molecular weight is 533 g/mol. The number of ether oxygens (including phenoxy) is 2. The van der Waals surface area contributed by atoms with E-state index in [2.05, 4.69) is 72.2 Å². The summed E-state index contributed by atoms with van der Waals surface area (Å²) in [7, 11) is 3.28. The molecule has 0 aliphatic rings. The van der Waals surface area contributed by atoms with Crippen molar-refractivity contribution in [3.8, 4) is 11.5 Å². The van der Waals surface area contributed by atoms with Crippen LogP contribution >= 0.6 is 0 Å². The number of hydrogen-bond donors (Lipinski definition) is 1. The van der Waals surface area contributed by atoms with Gasteiger partial charge in [-0.2, -0.15) is 0 Å². The number of benzene rings is 2. The van der Waals surface area contributed by atoms with Crippen LogP contribution in [0.3, 0.4) is 0 Å². The lowest BCUT2D eigenvalue weighted by Gasteiger charge is -2.32. The van der Waals surface area contributed by atoms with Gasteiger partial charge < -0.3 is 14.5 Å². The van der Waals surface area contributed by atoms with Gasteiger partial charge in [-0.05, 0) is 92.8 Å². The molecule has 9 nitrogen and oxygen atoms in total. The van der Waals surface area contributed by atoms with E-state index in [-0.39, 0.29) is 17.1 Å². The predicted octanol–water partition coefficient (Wildman–Crippen LogP) is 5.10. The van der Waals surface area contributed by atoms with Gasteiger partial charge in [0.05, 0.1) is 31.3 Å². The average Bonchev–Trinajstić information content (AvgIpc) is 3.40. The van der Waals surface area contributed by atoms with Gasteiger partial charge >= 0.3 is 0 Å². The summed E-state index contributed by atoms with van der Waals surface area (Å²) in [5.74, 6) is 2.19. The molecule has 0 fully saturated rings. The minimum atomic E-state index is -0.281. The lowest BCUT2D eigenvalue weighted by atomic mass is 10.0. The summed E-state index contributed by atoms with van der Waals surface area (Å²) in [4.78, 5) is 18.8. The molecule has 0 saturated carbocycles. The van der Waals surface area contributed by atoms with Crippen molar-refractivity contribution in [3.05, 3.63) is 74.8 Å². The van der Waals surface area contributed by atoms with Crippen molar-refractivity contribution in [1.29, 1.82) is 0 Å². The lowest BCUT2D eigenvalue weighted by Crippen LogP contribution is -2.36. The number of rotatable bonds is 10. The molecule has 0 saturated heterocycles. The lowest BCUT2D eigenvalue weighted by molar-refractivity contribution is 0.163. The molecule has 0 bridgehead atoms. The molecule has 4 rings (SSSR count). The zero-order chi connectivity index (χ0) is 28.3. The van der Waals surface area contributed by atoms with Gasteiger partial charge in [0, 0.05) is 24.0 Å². The molecule has 1 atom stereocenters. The minimum Gasteiger partial charge on any atom is -0.493 e. The standard InChI is InChI=1S/C30H40N6O3/c1-9-24(28-32-33-34-36(28)30(4,5)6)35(15-14-21-12-13-25(38-7)26(16-21)39-8)18-22-17-23-19(2)10-11-20(3)27(23)31-29(22)37/h10-13,16-17,24H,9,14-15,18H2,1-8H3,(H,31,37). The maximum absolute atomic E-state index is 13.3. The molecule has 2 aromatic heterocycles. The third-order valence-corrected chi connectivity index (χ3v) is 7.28. The number of aryl methyl sites for hydroxylation is 2. The Bertz CT molecular complexity index is 1500. The van der Waals surface area contributed by atoms with Crippen molar-refractivity contribution in [3.63, 3.8) is 0 Å². The van der Waals surface area contributed by atoms with E-state index in [0.29, 0.717) is 24.6 Å². The van der Waals surface area contributed by atoms with Gasteiger partial charge in [0.15, 0.2) is 17.3 Å². The summed E-state index contributed by atoms with van der Waals surface area (Å²) in [5.41, 5.74) is 4.56. The third-order valence-electron chi connectivity index (χ3n) is 7.28. The molecule has 0 aliphatic carbocycles. The molecule has 0 amide bonds. The molecule has 4 aromatic rings. The summed E-state index contributed by atoms with van der Waals surface area (Å²) in [6.07, 6.45) is 1.53. The Morgan fingerprint density at radius 1 is 1.03 bits per heavy atom. The van der Waals surface area contributed by atoms with Crippen LogP contribution in [-0.2, 0) is 18.5 Å². The number of methoxy groups -OCH3 is 2. The summed E-state index contributed by atoms with van der Waals surface area (Å²) in [6.45, 7) is 13.6. The number of fused-ring (bicyclic) bond motifs is 1. The van der Waals surface area contributed by atoms with Crippen LogP contribution in [-0.4, -0.2) is 50.9 Å². The smallest absolute Gasteiger partial charge is 0.252 e. The first-order valence-electron chi connectivity index (χ1n) is 13.4. The van der Waals surface area contributed by atoms with Gasteiger partial charge in [-0.15, -0.1) is 5.10 Å². The number of nitrogens with one attached hydrogen (secondary N) is 1. The van der Waals surface area contributed by atoms with E-state index in [1.54, 1.807) is 14.2 Å². The molecular weight excluding hydrogens is 492 g/mol. The van der Waals surface area contributed by atoms with E-state index in [9.17, 15) is 4.79 Å². The van der Waals surface area contributed by atoms with Crippen molar-refractivity contribution < 1.29 is 9.47 Å². The van der Waals surface area contributed by atoms with Gasteiger partial charge in [0.2, 0.25) is 0 Å². The molecule has 0 radical (unpaired) electrons. The second kappa shape index (κ2) is 11.6. The number of aromatic nitrogens is 5. The van der Waals surface area contributed by atoms with Crippen molar-refractivity contribution in [2.24, 2.45) is 0 Å². The number of nitrogens with zero attached hydrogens (tertiary/aromatic N) is 5. The molecule has 39 heavy (non-hydrogen) atoms. The van der Waals surface area contributed by atoms with E-state index < -0.39 is 0 Å². The Hall–Kier alpha value is -3.72. The van der Waals surface area contributed by atoms with Crippen molar-refractivity contribution in [2.45, 2.75) is 72.5 Å². The number of pyridine rings is 1. The largest absolute Gasteiger partial charge is 0.493 e. The normalized spacial score (nSPS) is 12.7. The Labute approximate surface area is 230 Å². The summed E-state index contributed by atoms with van der Waals surface area (Å²) < 4.78 is 12.8. The summed E-state index contributed by atoms with van der Waals surface area (Å²) >= 11 is 0. The van der Waals surface area contributed by atoms with Crippen LogP contribution < -0.4 is 15.0 Å². The zero-order valence-corrected chi connectivity index (χ0v) is 24.3. The Morgan fingerprint density at radius 3 is 2.41 bits per heavy atom. The summed E-state index contributed by atoms with van der Waals surface area (Å²) in [6, 6.07) is 12.1. The van der Waals surface area contributed by atoms with Crippen LogP contribution in [0.15, 0.2) is 41.2 Å². The number of aromatic amines is 1. The highest BCUT2D eigenvalue weighted by atomic mass is 16.5. The van der Waals surface area contributed by atoms with Gasteiger partial charge in [-0.1, -0.05) is 25.1 Å². The monoisotopic (exact) mass is 532 g/mol. The predicted molar refractivity (Wildman–Crippen MR) is 154 cm³/mol. The van der Waals surface area contributed by atoms with E-state index in [0.717, 1.165) is 51.8 Å². The molecule has 208 valence electrons. The van der Waals surface area contributed by atoms with Gasteiger partial charge in [0.1, 0.15) is 0 Å². The van der Waals surface area contributed by atoms with E-state index >= 15 is 0 Å². The minimum absolute atomic E-state index is 0.0717. The van der Waals surface area contributed by atoms with Gasteiger partial charge in [0.25, 0.3) is 5.56 Å². The SMILES string of the molecule is CCC(c1nnnn1C(C)(C)C)N(CCc1ccc(OC)c(OC)c1)Cc1cc2c(C)ccc(C)c2[nH]c1=O. The van der Waals surface area contributed by atoms with Crippen molar-refractivity contribution in [1.82, 2.24) is 30.1 Å². The highest BCUT2D eigenvalue weighted by Crippen LogP contribution is 2.30. The zero-order valence-electron chi connectivity index (χ0n) is 24.3. The van der Waals surface area contributed by atoms with E-state index in [1.807, 2.05) is 35.9 Å². The van der Waals surface area contributed by atoms with Crippen LogP contribution in [0, 0.1) is 13.8 Å². The number of H-pyrrole nitrogens is 1. The number of hydrogen-bond acceptors (Lipinski definition) is 7. The highest BCUT2D eigenvalue weighted by Gasteiger charge is 2.29. The third kappa shape index (κ3) is 5.98. The fourth-order valence-electron chi connectivity index (χ4n) is 5.09. The van der Waals surface area contributed by atoms with Crippen molar-refractivity contribution >= 4 is 10.9 Å². The van der Waals surface area contributed by atoms with E-state index in [1.165, 1.54) is 0 Å². The molecule has 0 aliphatic heterocycles. The first kappa shape index (κ1) is 28.3. The second-order valence-corrected chi connectivity index (χ2v) is 11.1. The first-order valence-corrected chi connectivity index (χ1v) is 13.4. The fraction of sp³-hybridized carbons (Fsp3) is 0.467. The fourth-order valence-corrected chi connectivity index (χ4v) is 5.09. The van der Waals surface area contributed by atoms with E-state index in [4.69, 9.17) is 9.47 Å². The van der Waals surface area contributed by atoms with Crippen molar-refractivity contribution in [2.75, 3.05) is 20.8 Å².